The van der Waals surface area contributed by atoms with E-state index in [1.165, 1.54) is 5.39 Å². The lowest BCUT2D eigenvalue weighted by Crippen LogP contribution is -2.48. The molecule has 2 aromatic carbocycles. The maximum Gasteiger partial charge on any atom is 0.124 e. The van der Waals surface area contributed by atoms with Gasteiger partial charge in [-0.1, -0.05) is 42.5 Å². The van der Waals surface area contributed by atoms with E-state index in [0.29, 0.717) is 0 Å². The van der Waals surface area contributed by atoms with Gasteiger partial charge in [-0.2, -0.15) is 5.26 Å². The maximum atomic E-state index is 9.72. The van der Waals surface area contributed by atoms with E-state index in [1.807, 2.05) is 18.2 Å². The summed E-state index contributed by atoms with van der Waals surface area (Å²) in [6.07, 6.45) is 0. The van der Waals surface area contributed by atoms with Gasteiger partial charge in [0.1, 0.15) is 6.04 Å². The third kappa shape index (κ3) is 2.97. The first-order valence-corrected chi connectivity index (χ1v) is 7.78. The van der Waals surface area contributed by atoms with Gasteiger partial charge >= 0.3 is 0 Å². The van der Waals surface area contributed by atoms with Crippen LogP contribution in [-0.2, 0) is 0 Å². The van der Waals surface area contributed by atoms with Gasteiger partial charge in [0, 0.05) is 32.7 Å². The van der Waals surface area contributed by atoms with Crippen molar-refractivity contribution in [3.05, 3.63) is 48.0 Å². The molecule has 0 spiro atoms. The molecule has 0 aliphatic carbocycles. The highest BCUT2D eigenvalue weighted by atomic mass is 16.3. The van der Waals surface area contributed by atoms with Crippen molar-refractivity contribution in [2.45, 2.75) is 6.04 Å². The Bertz CT molecular complexity index is 666. The second kappa shape index (κ2) is 6.89. The summed E-state index contributed by atoms with van der Waals surface area (Å²) in [7, 11) is 0. The van der Waals surface area contributed by atoms with E-state index < -0.39 is 0 Å². The fourth-order valence-electron chi connectivity index (χ4n) is 3.22. The van der Waals surface area contributed by atoms with E-state index in [2.05, 4.69) is 40.1 Å². The van der Waals surface area contributed by atoms with E-state index in [1.54, 1.807) is 0 Å². The quantitative estimate of drug-likeness (QED) is 0.937. The molecule has 4 heteroatoms. The number of hydrogen-bond acceptors (Lipinski definition) is 4. The number of aliphatic hydroxyl groups is 1. The maximum absolute atomic E-state index is 9.72. The number of piperazine rings is 1. The van der Waals surface area contributed by atoms with Gasteiger partial charge in [0.2, 0.25) is 0 Å². The van der Waals surface area contributed by atoms with Crippen molar-refractivity contribution < 1.29 is 5.11 Å². The van der Waals surface area contributed by atoms with E-state index in [0.717, 1.165) is 43.7 Å². The predicted molar refractivity (Wildman–Crippen MR) is 87.4 cm³/mol. The summed E-state index contributed by atoms with van der Waals surface area (Å²) >= 11 is 0. The highest BCUT2D eigenvalue weighted by molar-refractivity contribution is 5.86. The Labute approximate surface area is 131 Å². The zero-order valence-electron chi connectivity index (χ0n) is 12.7. The fourth-order valence-corrected chi connectivity index (χ4v) is 3.22. The highest BCUT2D eigenvalue weighted by Crippen LogP contribution is 2.28. The molecule has 114 valence electrons. The number of hydrogen-bond donors (Lipinski definition) is 1. The molecule has 0 saturated carbocycles. The fraction of sp³-hybridized carbons (Fsp3) is 0.389. The minimum atomic E-state index is -0.206. The Balaban J connectivity index is 1.84. The van der Waals surface area contributed by atoms with Crippen LogP contribution in [0.5, 0.6) is 0 Å². The van der Waals surface area contributed by atoms with Crippen molar-refractivity contribution in [2.75, 3.05) is 39.3 Å². The van der Waals surface area contributed by atoms with Crippen molar-refractivity contribution in [3.8, 4) is 6.07 Å². The number of β-amino-alcohol motifs (C(OH)–C–C–N with tert-alkyl or cyclic N) is 1. The summed E-state index contributed by atoms with van der Waals surface area (Å²) in [4.78, 5) is 4.49. The smallest absolute Gasteiger partial charge is 0.124 e. The number of fused-ring (bicyclic) bond motifs is 1. The van der Waals surface area contributed by atoms with E-state index in [9.17, 15) is 5.26 Å². The molecule has 0 radical (unpaired) electrons. The predicted octanol–water partition coefficient (Wildman–Crippen LogP) is 2.01. The molecule has 1 saturated heterocycles. The number of benzene rings is 2. The average Bonchev–Trinajstić information content (AvgIpc) is 2.57. The highest BCUT2D eigenvalue weighted by Gasteiger charge is 2.25. The topological polar surface area (TPSA) is 50.5 Å². The number of nitrogens with zero attached hydrogens (tertiary/aromatic N) is 3. The number of nitriles is 1. The van der Waals surface area contributed by atoms with Crippen molar-refractivity contribution in [1.82, 2.24) is 9.80 Å². The molecule has 1 fully saturated rings. The van der Waals surface area contributed by atoms with Gasteiger partial charge in [0.25, 0.3) is 0 Å². The first kappa shape index (κ1) is 15.0. The summed E-state index contributed by atoms with van der Waals surface area (Å²) in [6, 6.07) is 16.7. The van der Waals surface area contributed by atoms with Crippen LogP contribution >= 0.6 is 0 Å². The molecule has 1 aliphatic rings. The molecule has 4 nitrogen and oxygen atoms in total. The molecule has 1 aliphatic heterocycles. The van der Waals surface area contributed by atoms with Crippen LogP contribution < -0.4 is 0 Å². The third-order valence-electron chi connectivity index (χ3n) is 4.43. The third-order valence-corrected chi connectivity index (χ3v) is 4.43. The van der Waals surface area contributed by atoms with Crippen LogP contribution in [0.25, 0.3) is 10.8 Å². The standard InChI is InChI=1S/C18H21N3O/c19-14-18(21-10-8-20(9-11-21)12-13-22)17-7-3-5-15-4-1-2-6-16(15)17/h1-7,18,22H,8-13H2. The lowest BCUT2D eigenvalue weighted by Gasteiger charge is -2.37. The Kier molecular flexibility index (Phi) is 4.69. The van der Waals surface area contributed by atoms with Crippen molar-refractivity contribution in [2.24, 2.45) is 0 Å². The van der Waals surface area contributed by atoms with Gasteiger partial charge in [0.15, 0.2) is 0 Å². The van der Waals surface area contributed by atoms with Crippen LogP contribution in [0.3, 0.4) is 0 Å². The van der Waals surface area contributed by atoms with Gasteiger partial charge in [-0.05, 0) is 16.3 Å². The molecule has 22 heavy (non-hydrogen) atoms. The Hall–Kier alpha value is -1.93. The summed E-state index contributed by atoms with van der Waals surface area (Å²) in [6.45, 7) is 4.46. The molecular formula is C18H21N3O. The molecule has 1 unspecified atom stereocenters. The van der Waals surface area contributed by atoms with Gasteiger partial charge in [0.05, 0.1) is 12.7 Å². The average molecular weight is 295 g/mol. The number of aliphatic hydroxyl groups excluding tert-OH is 1. The molecule has 0 bridgehead atoms. The zero-order chi connectivity index (χ0) is 15.4. The van der Waals surface area contributed by atoms with Crippen LogP contribution in [0.4, 0.5) is 0 Å². The largest absolute Gasteiger partial charge is 0.395 e. The van der Waals surface area contributed by atoms with Crippen molar-refractivity contribution >= 4 is 10.8 Å². The van der Waals surface area contributed by atoms with Crippen LogP contribution in [0.15, 0.2) is 42.5 Å². The van der Waals surface area contributed by atoms with Crippen LogP contribution in [0, 0.1) is 11.3 Å². The lowest BCUT2D eigenvalue weighted by molar-refractivity contribution is 0.0985. The molecule has 1 heterocycles. The summed E-state index contributed by atoms with van der Waals surface area (Å²) in [5.41, 5.74) is 1.09. The first-order valence-electron chi connectivity index (χ1n) is 7.78. The molecular weight excluding hydrogens is 274 g/mol. The molecule has 3 rings (SSSR count). The van der Waals surface area contributed by atoms with Crippen LogP contribution in [0.2, 0.25) is 0 Å². The Morgan fingerprint density at radius 3 is 2.50 bits per heavy atom. The van der Waals surface area contributed by atoms with Gasteiger partial charge in [-0.3, -0.25) is 9.80 Å². The van der Waals surface area contributed by atoms with E-state index in [4.69, 9.17) is 5.11 Å². The first-order chi connectivity index (χ1) is 10.8. The van der Waals surface area contributed by atoms with Crippen LogP contribution in [-0.4, -0.2) is 54.2 Å². The Morgan fingerprint density at radius 1 is 1.05 bits per heavy atom. The monoisotopic (exact) mass is 295 g/mol. The second-order valence-electron chi connectivity index (χ2n) is 5.70. The summed E-state index contributed by atoms with van der Waals surface area (Å²) < 4.78 is 0. The Morgan fingerprint density at radius 2 is 1.77 bits per heavy atom. The van der Waals surface area contributed by atoms with E-state index in [-0.39, 0.29) is 12.6 Å². The zero-order valence-corrected chi connectivity index (χ0v) is 12.7. The van der Waals surface area contributed by atoms with Gasteiger partial charge < -0.3 is 5.11 Å². The molecule has 0 amide bonds. The minimum Gasteiger partial charge on any atom is -0.395 e. The summed E-state index contributed by atoms with van der Waals surface area (Å²) in [5, 5.41) is 21.1. The minimum absolute atomic E-state index is 0.199. The SMILES string of the molecule is N#CC(c1cccc2ccccc12)N1CCN(CCO)CC1. The molecule has 2 aromatic rings. The van der Waals surface area contributed by atoms with Gasteiger partial charge in [-0.15, -0.1) is 0 Å². The van der Waals surface area contributed by atoms with Crippen molar-refractivity contribution in [1.29, 1.82) is 5.26 Å². The second-order valence-corrected chi connectivity index (χ2v) is 5.70. The van der Waals surface area contributed by atoms with Crippen LogP contribution in [0.1, 0.15) is 11.6 Å². The van der Waals surface area contributed by atoms with Gasteiger partial charge in [-0.25, -0.2) is 0 Å². The number of rotatable bonds is 4. The van der Waals surface area contributed by atoms with E-state index >= 15 is 0 Å². The lowest BCUT2D eigenvalue weighted by atomic mass is 9.98. The molecule has 1 N–H and O–H groups in total. The summed E-state index contributed by atoms with van der Waals surface area (Å²) in [5.74, 6) is 0. The van der Waals surface area contributed by atoms with Crippen molar-refractivity contribution in [3.63, 3.8) is 0 Å². The molecule has 1 atom stereocenters. The molecule has 0 aromatic heterocycles. The normalized spacial score (nSPS) is 18.2.